The molecule has 0 saturated carbocycles. The number of nitrogens with one attached hydrogen (secondary N) is 1. The fraction of sp³-hybridized carbons (Fsp3) is 0.385. The van der Waals surface area contributed by atoms with Crippen molar-refractivity contribution >= 4 is 11.8 Å². The van der Waals surface area contributed by atoms with Gasteiger partial charge in [0.25, 0.3) is 0 Å². The number of amides is 2. The van der Waals surface area contributed by atoms with Crippen molar-refractivity contribution in [2.45, 2.75) is 25.9 Å². The smallest absolute Gasteiger partial charge is 0.239 e. The predicted octanol–water partition coefficient (Wildman–Crippen LogP) is 0.312. The van der Waals surface area contributed by atoms with Gasteiger partial charge in [0.05, 0.1) is 6.04 Å². The van der Waals surface area contributed by atoms with Gasteiger partial charge in [0.1, 0.15) is 6.04 Å². The minimum Gasteiger partial charge on any atom is -0.368 e. The molecular weight excluding hydrogens is 230 g/mol. The lowest BCUT2D eigenvalue weighted by Crippen LogP contribution is -2.49. The van der Waals surface area contributed by atoms with E-state index in [-0.39, 0.29) is 5.92 Å². The van der Waals surface area contributed by atoms with Crippen molar-refractivity contribution in [1.82, 2.24) is 5.32 Å². The van der Waals surface area contributed by atoms with Gasteiger partial charge in [-0.05, 0) is 11.5 Å². The maximum absolute atomic E-state index is 11.5. The molecule has 98 valence electrons. The second-order valence-electron chi connectivity index (χ2n) is 4.54. The van der Waals surface area contributed by atoms with Gasteiger partial charge in [-0.15, -0.1) is 0 Å². The first-order chi connectivity index (χ1) is 8.43. The van der Waals surface area contributed by atoms with Crippen LogP contribution >= 0.6 is 0 Å². The van der Waals surface area contributed by atoms with Crippen molar-refractivity contribution in [3.05, 3.63) is 35.9 Å². The van der Waals surface area contributed by atoms with E-state index in [4.69, 9.17) is 11.5 Å². The number of nitrogens with two attached hydrogens (primary N) is 2. The highest BCUT2D eigenvalue weighted by molar-refractivity contribution is 5.84. The van der Waals surface area contributed by atoms with E-state index in [1.165, 1.54) is 0 Å². The van der Waals surface area contributed by atoms with Crippen molar-refractivity contribution in [1.29, 1.82) is 0 Å². The van der Waals surface area contributed by atoms with Gasteiger partial charge in [-0.3, -0.25) is 14.9 Å². The van der Waals surface area contributed by atoms with Crippen molar-refractivity contribution in [2.24, 2.45) is 17.4 Å². The summed E-state index contributed by atoms with van der Waals surface area (Å²) in [7, 11) is 0. The molecule has 0 aliphatic carbocycles. The maximum Gasteiger partial charge on any atom is 0.239 e. The Labute approximate surface area is 107 Å². The van der Waals surface area contributed by atoms with E-state index in [9.17, 15) is 9.59 Å². The average Bonchev–Trinajstić information content (AvgIpc) is 2.29. The van der Waals surface area contributed by atoms with Gasteiger partial charge in [0.2, 0.25) is 11.8 Å². The summed E-state index contributed by atoms with van der Waals surface area (Å²) in [5, 5.41) is 2.92. The molecule has 0 radical (unpaired) electrons. The van der Waals surface area contributed by atoms with Gasteiger partial charge in [0, 0.05) is 0 Å². The molecule has 1 aromatic carbocycles. The van der Waals surface area contributed by atoms with Crippen molar-refractivity contribution in [2.75, 3.05) is 0 Å². The molecule has 5 nitrogen and oxygen atoms in total. The summed E-state index contributed by atoms with van der Waals surface area (Å²) in [5.41, 5.74) is 11.4. The zero-order valence-corrected chi connectivity index (χ0v) is 10.6. The molecule has 1 aromatic rings. The summed E-state index contributed by atoms with van der Waals surface area (Å²) in [6.07, 6.45) is 0. The molecule has 0 unspecified atom stereocenters. The molecule has 1 rings (SSSR count). The molecule has 2 amide bonds. The second kappa shape index (κ2) is 6.16. The zero-order valence-electron chi connectivity index (χ0n) is 10.6. The van der Waals surface area contributed by atoms with E-state index in [2.05, 4.69) is 5.32 Å². The van der Waals surface area contributed by atoms with Gasteiger partial charge < -0.3 is 11.5 Å². The molecule has 2 atom stereocenters. The Hall–Kier alpha value is -1.88. The number of hydrogen-bond donors (Lipinski definition) is 3. The molecule has 0 heterocycles. The topological polar surface area (TPSA) is 98.2 Å². The van der Waals surface area contributed by atoms with Crippen LogP contribution in [0.3, 0.4) is 0 Å². The molecule has 5 heteroatoms. The molecule has 5 N–H and O–H groups in total. The van der Waals surface area contributed by atoms with Crippen molar-refractivity contribution in [3.63, 3.8) is 0 Å². The first-order valence-electron chi connectivity index (χ1n) is 5.83. The lowest BCUT2D eigenvalue weighted by Gasteiger charge is -2.24. The van der Waals surface area contributed by atoms with Crippen LogP contribution in [0.5, 0.6) is 0 Å². The Balaban J connectivity index is 2.94. The fourth-order valence-corrected chi connectivity index (χ4v) is 1.77. The van der Waals surface area contributed by atoms with Crippen molar-refractivity contribution in [3.8, 4) is 0 Å². The van der Waals surface area contributed by atoms with Crippen LogP contribution in [0.15, 0.2) is 30.3 Å². The standard InChI is InChI=1S/C13H19N3O2/c1-8(2)10(12(14)17)16-11(13(15)18)9-6-4-3-5-7-9/h3-8,10-11,16H,1-2H3,(H2,14,17)(H2,15,18)/t10-,11-/m0/s1. The maximum atomic E-state index is 11.5. The summed E-state index contributed by atoms with van der Waals surface area (Å²) < 4.78 is 0. The van der Waals surface area contributed by atoms with Gasteiger partial charge >= 0.3 is 0 Å². The quantitative estimate of drug-likeness (QED) is 0.676. The molecular formula is C13H19N3O2. The number of hydrogen-bond acceptors (Lipinski definition) is 3. The van der Waals surface area contributed by atoms with E-state index in [1.807, 2.05) is 32.0 Å². The minimum absolute atomic E-state index is 0.0203. The van der Waals surface area contributed by atoms with Gasteiger partial charge in [-0.2, -0.15) is 0 Å². The predicted molar refractivity (Wildman–Crippen MR) is 69.3 cm³/mol. The highest BCUT2D eigenvalue weighted by Crippen LogP contribution is 2.15. The van der Waals surface area contributed by atoms with Crippen LogP contribution in [0.1, 0.15) is 25.5 Å². The zero-order chi connectivity index (χ0) is 13.7. The number of rotatable bonds is 6. The van der Waals surface area contributed by atoms with Crippen LogP contribution in [0.25, 0.3) is 0 Å². The summed E-state index contributed by atoms with van der Waals surface area (Å²) >= 11 is 0. The largest absolute Gasteiger partial charge is 0.368 e. The minimum atomic E-state index is -0.717. The Morgan fingerprint density at radius 1 is 1.06 bits per heavy atom. The lowest BCUT2D eigenvalue weighted by molar-refractivity contribution is -0.123. The van der Waals surface area contributed by atoms with Gasteiger partial charge in [0.15, 0.2) is 0 Å². The Morgan fingerprint density at radius 2 is 1.61 bits per heavy atom. The summed E-state index contributed by atoms with van der Waals surface area (Å²) in [6, 6.07) is 7.70. The highest BCUT2D eigenvalue weighted by Gasteiger charge is 2.26. The van der Waals surface area contributed by atoms with Crippen LogP contribution in [0, 0.1) is 5.92 Å². The van der Waals surface area contributed by atoms with Gasteiger partial charge in [-0.25, -0.2) is 0 Å². The van der Waals surface area contributed by atoms with Crippen LogP contribution in [0.4, 0.5) is 0 Å². The molecule has 18 heavy (non-hydrogen) atoms. The number of benzene rings is 1. The van der Waals surface area contributed by atoms with Crippen LogP contribution in [-0.4, -0.2) is 17.9 Å². The second-order valence-corrected chi connectivity index (χ2v) is 4.54. The molecule has 0 spiro atoms. The highest BCUT2D eigenvalue weighted by atomic mass is 16.2. The van der Waals surface area contributed by atoms with Crippen molar-refractivity contribution < 1.29 is 9.59 Å². The summed E-state index contributed by atoms with van der Waals surface area (Å²) in [6.45, 7) is 3.71. The molecule has 0 aromatic heterocycles. The summed E-state index contributed by atoms with van der Waals surface area (Å²) in [4.78, 5) is 22.8. The Morgan fingerprint density at radius 3 is 2.00 bits per heavy atom. The van der Waals surface area contributed by atoms with Crippen LogP contribution in [-0.2, 0) is 9.59 Å². The fourth-order valence-electron chi connectivity index (χ4n) is 1.77. The molecule has 0 fully saturated rings. The molecule has 0 bridgehead atoms. The first-order valence-corrected chi connectivity index (χ1v) is 5.83. The number of carbonyl (C=O) groups is 2. The van der Waals surface area contributed by atoms with Crippen LogP contribution < -0.4 is 16.8 Å². The molecule has 0 saturated heterocycles. The number of carbonyl (C=O) groups excluding carboxylic acids is 2. The van der Waals surface area contributed by atoms with E-state index >= 15 is 0 Å². The molecule has 0 aliphatic rings. The van der Waals surface area contributed by atoms with E-state index in [0.29, 0.717) is 0 Å². The lowest BCUT2D eigenvalue weighted by atomic mass is 9.99. The molecule has 0 aliphatic heterocycles. The third kappa shape index (κ3) is 3.56. The van der Waals surface area contributed by atoms with Crippen LogP contribution in [0.2, 0.25) is 0 Å². The SMILES string of the molecule is CC(C)[C@H](N[C@H](C(N)=O)c1ccccc1)C(N)=O. The Bertz CT molecular complexity index is 418. The average molecular weight is 249 g/mol. The van der Waals surface area contributed by atoms with E-state index in [1.54, 1.807) is 12.1 Å². The third-order valence-corrected chi connectivity index (χ3v) is 2.74. The monoisotopic (exact) mass is 249 g/mol. The van der Waals surface area contributed by atoms with E-state index < -0.39 is 23.9 Å². The number of primary amides is 2. The normalized spacial score (nSPS) is 14.2. The third-order valence-electron chi connectivity index (χ3n) is 2.74. The van der Waals surface area contributed by atoms with Gasteiger partial charge in [-0.1, -0.05) is 44.2 Å². The summed E-state index contributed by atoms with van der Waals surface area (Å²) in [5.74, 6) is -1.05. The first kappa shape index (κ1) is 14.2. The van der Waals surface area contributed by atoms with E-state index in [0.717, 1.165) is 5.56 Å². The Kier molecular flexibility index (Phi) is 4.85.